The van der Waals surface area contributed by atoms with E-state index in [1.54, 1.807) is 6.07 Å². The smallest absolute Gasteiger partial charge is 0.0967 e. The van der Waals surface area contributed by atoms with Crippen molar-refractivity contribution in [1.29, 1.82) is 5.26 Å². The fourth-order valence-corrected chi connectivity index (χ4v) is 0. The lowest BCUT2D eigenvalue weighted by Gasteiger charge is -1.42. The summed E-state index contributed by atoms with van der Waals surface area (Å²) in [5, 5.41) is 7.51. The highest BCUT2D eigenvalue weighted by molar-refractivity contribution is 6.40. The first-order chi connectivity index (χ1) is 2.83. The molecule has 0 atom stereocenters. The molecule has 0 spiro atoms. The van der Waals surface area contributed by atoms with Gasteiger partial charge in [0.05, 0.1) is 11.4 Å². The fourth-order valence-electron chi connectivity index (χ4n) is 0. The molecule has 1 nitrogen and oxygen atoms in total. The zero-order valence-electron chi connectivity index (χ0n) is 3.41. The third-order valence-electron chi connectivity index (χ3n) is 0. The van der Waals surface area contributed by atoms with Crippen LogP contribution in [0, 0.1) is 11.3 Å². The maximum absolute atomic E-state index is 7.32. The van der Waals surface area contributed by atoms with Gasteiger partial charge in [0.1, 0.15) is 0 Å². The topological polar surface area (TPSA) is 23.8 Å². The molecule has 0 saturated heterocycles. The van der Waals surface area contributed by atoms with Gasteiger partial charge >= 0.3 is 0 Å². The third-order valence-corrected chi connectivity index (χ3v) is 0. The van der Waals surface area contributed by atoms with E-state index in [-0.39, 0.29) is 5.34 Å². The maximum atomic E-state index is 7.32. The average molecular weight is 126 g/mol. The number of nitriles is 1. The molecule has 0 saturated carbocycles. The van der Waals surface area contributed by atoms with E-state index < -0.39 is 0 Å². The van der Waals surface area contributed by atoms with Crippen molar-refractivity contribution < 1.29 is 0 Å². The Morgan fingerprint density at radius 2 is 1.67 bits per heavy atom. The summed E-state index contributed by atoms with van der Waals surface area (Å²) in [4.78, 5) is 0. The van der Waals surface area contributed by atoms with Gasteiger partial charge in [-0.2, -0.15) is 5.26 Å². The highest BCUT2D eigenvalue weighted by Crippen LogP contribution is 1.73. The summed E-state index contributed by atoms with van der Waals surface area (Å²) in [6.45, 7) is 1.43. The minimum atomic E-state index is 0.194. The number of hydrogen-bond acceptors (Lipinski definition) is 1. The van der Waals surface area contributed by atoms with Crippen LogP contribution in [0.25, 0.3) is 0 Å². The Morgan fingerprint density at radius 3 is 1.67 bits per heavy atom. The predicted molar refractivity (Wildman–Crippen MR) is 27.9 cm³/mol. The van der Waals surface area contributed by atoms with Gasteiger partial charge in [-0.1, -0.05) is 0 Å². The minimum absolute atomic E-state index is 0.194. The predicted octanol–water partition coefficient (Wildman–Crippen LogP) is 1.95. The van der Waals surface area contributed by atoms with Gasteiger partial charge in [0.2, 0.25) is 0 Å². The quantitative estimate of drug-likeness (QED) is 0.455. The van der Waals surface area contributed by atoms with Crippen LogP contribution in [0.4, 0.5) is 0 Å². The van der Waals surface area contributed by atoms with Crippen LogP contribution < -0.4 is 0 Å². The SMILES string of the molecule is CC#N.ClCCl. The van der Waals surface area contributed by atoms with Crippen LogP contribution in [-0.2, 0) is 0 Å². The van der Waals surface area contributed by atoms with Crippen molar-refractivity contribution in [2.45, 2.75) is 6.92 Å². The lowest BCUT2D eigenvalue weighted by atomic mass is 11.0. The van der Waals surface area contributed by atoms with Crippen LogP contribution in [0.1, 0.15) is 6.92 Å². The standard InChI is InChI=1S/C2H3N.CH2Cl2/c1-2-3;2-1-3/h1H3;1H2. The van der Waals surface area contributed by atoms with Crippen molar-refractivity contribution in [2.24, 2.45) is 0 Å². The van der Waals surface area contributed by atoms with Crippen molar-refractivity contribution >= 4 is 23.2 Å². The summed E-state index contributed by atoms with van der Waals surface area (Å²) in [5.74, 6) is 0. The van der Waals surface area contributed by atoms with Gasteiger partial charge in [0.25, 0.3) is 0 Å². The monoisotopic (exact) mass is 125 g/mol. The van der Waals surface area contributed by atoms with E-state index >= 15 is 0 Å². The second-order valence-electron chi connectivity index (χ2n) is 0.325. The molecule has 3 heteroatoms. The molecule has 0 N–H and O–H groups in total. The molecule has 36 valence electrons. The number of alkyl halides is 2. The van der Waals surface area contributed by atoms with E-state index in [0.29, 0.717) is 0 Å². The molecular formula is C3H5Cl2N. The van der Waals surface area contributed by atoms with Gasteiger partial charge in [0, 0.05) is 6.92 Å². The van der Waals surface area contributed by atoms with Gasteiger partial charge in [-0.25, -0.2) is 0 Å². The summed E-state index contributed by atoms with van der Waals surface area (Å²) in [5.41, 5.74) is 0. The average Bonchev–Trinajstić information content (AvgIpc) is 1.39. The Balaban J connectivity index is 0. The summed E-state index contributed by atoms with van der Waals surface area (Å²) >= 11 is 9.53. The lowest BCUT2D eigenvalue weighted by Crippen LogP contribution is -1.24. The third kappa shape index (κ3) is 7830. The first-order valence-corrected chi connectivity index (χ1v) is 2.33. The van der Waals surface area contributed by atoms with Crippen LogP contribution in [0.2, 0.25) is 0 Å². The first kappa shape index (κ1) is 9.42. The molecule has 0 aromatic heterocycles. The van der Waals surface area contributed by atoms with Gasteiger partial charge in [-0.05, 0) is 0 Å². The van der Waals surface area contributed by atoms with E-state index in [1.807, 2.05) is 0 Å². The molecular weight excluding hydrogens is 121 g/mol. The van der Waals surface area contributed by atoms with Crippen LogP contribution in [0.15, 0.2) is 0 Å². The summed E-state index contributed by atoms with van der Waals surface area (Å²) in [6, 6.07) is 1.75. The van der Waals surface area contributed by atoms with Crippen LogP contribution in [0.3, 0.4) is 0 Å². The Morgan fingerprint density at radius 1 is 1.67 bits per heavy atom. The molecule has 0 aromatic carbocycles. The van der Waals surface area contributed by atoms with Crippen molar-refractivity contribution in [3.8, 4) is 6.07 Å². The van der Waals surface area contributed by atoms with Crippen molar-refractivity contribution in [3.63, 3.8) is 0 Å². The number of rotatable bonds is 0. The largest absolute Gasteiger partial charge is 0.199 e. The lowest BCUT2D eigenvalue weighted by molar-refractivity contribution is 1.49. The minimum Gasteiger partial charge on any atom is -0.199 e. The maximum Gasteiger partial charge on any atom is 0.0967 e. The zero-order valence-corrected chi connectivity index (χ0v) is 4.92. The molecule has 0 bridgehead atoms. The molecule has 0 amide bonds. The molecule has 0 aliphatic carbocycles. The number of halogens is 2. The summed E-state index contributed by atoms with van der Waals surface area (Å²) < 4.78 is 0. The highest BCUT2D eigenvalue weighted by Gasteiger charge is 1.41. The first-order valence-electron chi connectivity index (χ1n) is 1.26. The van der Waals surface area contributed by atoms with Gasteiger partial charge in [0.15, 0.2) is 0 Å². The molecule has 0 aliphatic rings. The molecule has 0 fully saturated rings. The Labute approximate surface area is 47.5 Å². The van der Waals surface area contributed by atoms with E-state index in [9.17, 15) is 0 Å². The van der Waals surface area contributed by atoms with Gasteiger partial charge in [-0.15, -0.1) is 23.2 Å². The molecule has 0 radical (unpaired) electrons. The van der Waals surface area contributed by atoms with Crippen molar-refractivity contribution in [3.05, 3.63) is 0 Å². The van der Waals surface area contributed by atoms with Crippen LogP contribution >= 0.6 is 23.2 Å². The zero-order chi connectivity index (χ0) is 5.41. The fraction of sp³-hybridized carbons (Fsp3) is 0.667. The molecule has 0 aliphatic heterocycles. The van der Waals surface area contributed by atoms with Crippen LogP contribution in [0.5, 0.6) is 0 Å². The van der Waals surface area contributed by atoms with Crippen LogP contribution in [-0.4, -0.2) is 5.34 Å². The molecule has 0 heterocycles. The van der Waals surface area contributed by atoms with E-state index in [0.717, 1.165) is 0 Å². The van der Waals surface area contributed by atoms with Gasteiger partial charge < -0.3 is 0 Å². The summed E-state index contributed by atoms with van der Waals surface area (Å²) in [6.07, 6.45) is 0. The molecule has 0 aromatic rings. The second-order valence-corrected chi connectivity index (χ2v) is 1.13. The number of nitrogens with zero attached hydrogens (tertiary/aromatic N) is 1. The van der Waals surface area contributed by atoms with E-state index in [1.165, 1.54) is 6.92 Å². The Bertz CT molecular complexity index is 38.5. The molecule has 6 heavy (non-hydrogen) atoms. The summed E-state index contributed by atoms with van der Waals surface area (Å²) in [7, 11) is 0. The van der Waals surface area contributed by atoms with E-state index in [2.05, 4.69) is 0 Å². The van der Waals surface area contributed by atoms with Crippen molar-refractivity contribution in [2.75, 3.05) is 5.34 Å². The molecule has 0 rings (SSSR count). The number of hydrogen-bond donors (Lipinski definition) is 0. The second kappa shape index (κ2) is 19.6. The molecule has 0 unspecified atom stereocenters. The Kier molecular flexibility index (Phi) is 30.8. The Hall–Kier alpha value is 0.0700. The van der Waals surface area contributed by atoms with Gasteiger partial charge in [-0.3, -0.25) is 0 Å². The highest BCUT2D eigenvalue weighted by atomic mass is 35.5. The van der Waals surface area contributed by atoms with E-state index in [4.69, 9.17) is 28.5 Å². The van der Waals surface area contributed by atoms with Crippen molar-refractivity contribution in [1.82, 2.24) is 0 Å². The normalized spacial score (nSPS) is 4.33.